The molecule has 0 radical (unpaired) electrons. The molecule has 1 saturated heterocycles. The highest BCUT2D eigenvalue weighted by atomic mass is 35.5. The Labute approximate surface area is 249 Å². The number of hydrogen-bond donors (Lipinski definition) is 4. The fourth-order valence-corrected chi connectivity index (χ4v) is 4.62. The lowest BCUT2D eigenvalue weighted by atomic mass is 9.96. The molecule has 224 valence electrons. The van der Waals surface area contributed by atoms with Crippen molar-refractivity contribution in [2.45, 2.75) is 32.7 Å². The molecule has 4 heterocycles. The van der Waals surface area contributed by atoms with Crippen LogP contribution in [-0.4, -0.2) is 72.3 Å². The maximum Gasteiger partial charge on any atom is 0.330 e. The highest BCUT2D eigenvalue weighted by Gasteiger charge is 2.31. The Morgan fingerprint density at radius 3 is 2.43 bits per heavy atom. The summed E-state index contributed by atoms with van der Waals surface area (Å²) in [5.41, 5.74) is 1.18. The summed E-state index contributed by atoms with van der Waals surface area (Å²) < 4.78 is 14.9. The first kappa shape index (κ1) is 30.7. The number of anilines is 6. The van der Waals surface area contributed by atoms with Crippen LogP contribution in [0, 0.1) is 5.82 Å². The molecule has 4 amide bonds. The van der Waals surface area contributed by atoms with Gasteiger partial charge >= 0.3 is 12.1 Å². The molecule has 1 aromatic carbocycles. The number of amides is 4. The smallest absolute Gasteiger partial charge is 0.330 e. The van der Waals surface area contributed by atoms with E-state index in [4.69, 9.17) is 4.98 Å². The van der Waals surface area contributed by atoms with Crippen LogP contribution < -0.4 is 36.0 Å². The predicted octanol–water partition coefficient (Wildman–Crippen LogP) is 3.80. The van der Waals surface area contributed by atoms with Crippen molar-refractivity contribution in [3.8, 4) is 0 Å². The van der Waals surface area contributed by atoms with Crippen molar-refractivity contribution in [2.24, 2.45) is 0 Å². The Kier molecular flexibility index (Phi) is 8.97. The van der Waals surface area contributed by atoms with Crippen molar-refractivity contribution in [1.29, 1.82) is 0 Å². The van der Waals surface area contributed by atoms with Gasteiger partial charge in [0.1, 0.15) is 23.1 Å². The first-order valence-electron chi connectivity index (χ1n) is 13.3. The molecule has 15 heteroatoms. The first-order valence-corrected chi connectivity index (χ1v) is 13.3. The van der Waals surface area contributed by atoms with Crippen LogP contribution in [0.5, 0.6) is 0 Å². The van der Waals surface area contributed by atoms with Crippen LogP contribution in [0.1, 0.15) is 32.2 Å². The van der Waals surface area contributed by atoms with Gasteiger partial charge in [0.25, 0.3) is 0 Å². The molecule has 0 saturated carbocycles. The molecule has 0 unspecified atom stereocenters. The Balaban J connectivity index is 0.00000405. The second-order valence-electron chi connectivity index (χ2n) is 10.9. The molecule has 1 fully saturated rings. The molecule has 2 aliphatic heterocycles. The van der Waals surface area contributed by atoms with Crippen molar-refractivity contribution in [1.82, 2.24) is 25.3 Å². The van der Waals surface area contributed by atoms with E-state index in [-0.39, 0.29) is 36.1 Å². The maximum absolute atomic E-state index is 14.9. The highest BCUT2D eigenvalue weighted by Crippen LogP contribution is 2.32. The minimum Gasteiger partial charge on any atom is -0.357 e. The number of piperazine rings is 1. The van der Waals surface area contributed by atoms with E-state index < -0.39 is 11.8 Å². The molecule has 42 heavy (non-hydrogen) atoms. The van der Waals surface area contributed by atoms with Crippen LogP contribution in [-0.2, 0) is 12.0 Å². The van der Waals surface area contributed by atoms with Gasteiger partial charge in [-0.15, -0.1) is 12.4 Å². The molecule has 2 aromatic heterocycles. The van der Waals surface area contributed by atoms with Crippen LogP contribution >= 0.6 is 12.4 Å². The average molecular weight is 600 g/mol. The van der Waals surface area contributed by atoms with E-state index in [1.807, 2.05) is 20.8 Å². The molecule has 3 aromatic rings. The third kappa shape index (κ3) is 6.29. The number of urea groups is 2. The summed E-state index contributed by atoms with van der Waals surface area (Å²) in [6, 6.07) is 3.11. The van der Waals surface area contributed by atoms with Gasteiger partial charge in [-0.1, -0.05) is 20.8 Å². The monoisotopic (exact) mass is 599 g/mol. The van der Waals surface area contributed by atoms with Gasteiger partial charge in [0, 0.05) is 63.1 Å². The maximum atomic E-state index is 14.9. The summed E-state index contributed by atoms with van der Waals surface area (Å²) in [6.07, 6.45) is 3.22. The minimum atomic E-state index is -0.662. The number of nitrogens with zero attached hydrogens (tertiary/aromatic N) is 7. The van der Waals surface area contributed by atoms with Crippen LogP contribution in [0.3, 0.4) is 0 Å². The molecule has 0 atom stereocenters. The van der Waals surface area contributed by atoms with Crippen LogP contribution in [0.2, 0.25) is 0 Å². The summed E-state index contributed by atoms with van der Waals surface area (Å²) >= 11 is 0. The molecule has 0 spiro atoms. The Bertz CT molecular complexity index is 1480. The number of carbonyl (C=O) groups is 2. The number of nitrogens with one attached hydrogen (secondary N) is 4. The zero-order chi connectivity index (χ0) is 29.3. The summed E-state index contributed by atoms with van der Waals surface area (Å²) in [5.74, 6) is 1.51. The molecule has 0 aliphatic carbocycles. The first-order chi connectivity index (χ1) is 19.5. The van der Waals surface area contributed by atoms with Gasteiger partial charge in [-0.25, -0.2) is 28.9 Å². The SMILES string of the molecule is CNc1ncc2c(n1)N(C)C(=O)N(c1ccc(F)c(NC(=O)Nc3cnc(C(C)(C)C)nc3N3CCNCC3)c1)C2.Cl. The Morgan fingerprint density at radius 2 is 1.74 bits per heavy atom. The summed E-state index contributed by atoms with van der Waals surface area (Å²) in [7, 11) is 3.31. The largest absolute Gasteiger partial charge is 0.357 e. The van der Waals surface area contributed by atoms with Gasteiger partial charge in [0.15, 0.2) is 5.82 Å². The van der Waals surface area contributed by atoms with Gasteiger partial charge in [-0.05, 0) is 18.2 Å². The Morgan fingerprint density at radius 1 is 1.02 bits per heavy atom. The second kappa shape index (κ2) is 12.3. The molecule has 4 N–H and O–H groups in total. The summed E-state index contributed by atoms with van der Waals surface area (Å²) in [5, 5.41) is 11.5. The minimum absolute atomic E-state index is 0. The van der Waals surface area contributed by atoms with Gasteiger partial charge in [-0.2, -0.15) is 4.98 Å². The van der Waals surface area contributed by atoms with Crippen molar-refractivity contribution < 1.29 is 14.0 Å². The topological polar surface area (TPSA) is 144 Å². The number of hydrogen-bond acceptors (Lipinski definition) is 9. The van der Waals surface area contributed by atoms with Crippen LogP contribution in [0.15, 0.2) is 30.6 Å². The number of carbonyl (C=O) groups excluding carboxylic acids is 2. The molecule has 0 bridgehead atoms. The molecular weight excluding hydrogens is 565 g/mol. The van der Waals surface area contributed by atoms with E-state index in [0.717, 1.165) is 31.7 Å². The quantitative estimate of drug-likeness (QED) is 0.344. The van der Waals surface area contributed by atoms with Crippen LogP contribution in [0.25, 0.3) is 0 Å². The third-order valence-electron chi connectivity index (χ3n) is 6.84. The average Bonchev–Trinajstić information content (AvgIpc) is 2.96. The predicted molar refractivity (Wildman–Crippen MR) is 164 cm³/mol. The molecular formula is C27H35ClFN11O2. The summed E-state index contributed by atoms with van der Waals surface area (Å²) in [4.78, 5) is 49.1. The number of aromatic nitrogens is 4. The number of fused-ring (bicyclic) bond motifs is 1. The lowest BCUT2D eigenvalue weighted by Gasteiger charge is -2.34. The van der Waals surface area contributed by atoms with E-state index in [1.165, 1.54) is 28.0 Å². The van der Waals surface area contributed by atoms with Crippen LogP contribution in [0.4, 0.5) is 48.6 Å². The van der Waals surface area contributed by atoms with Crippen molar-refractivity contribution >= 4 is 59.1 Å². The number of halogens is 2. The normalized spacial score (nSPS) is 15.1. The van der Waals surface area contributed by atoms with E-state index in [9.17, 15) is 14.0 Å². The second-order valence-corrected chi connectivity index (χ2v) is 10.9. The molecule has 5 rings (SSSR count). The molecule has 13 nitrogen and oxygen atoms in total. The highest BCUT2D eigenvalue weighted by molar-refractivity contribution is 6.06. The van der Waals surface area contributed by atoms with E-state index >= 15 is 0 Å². The number of benzene rings is 1. The summed E-state index contributed by atoms with van der Waals surface area (Å²) in [6.45, 7) is 9.27. The number of rotatable bonds is 5. The zero-order valence-electron chi connectivity index (χ0n) is 24.2. The fraction of sp³-hybridized carbons (Fsp3) is 0.407. The fourth-order valence-electron chi connectivity index (χ4n) is 4.62. The van der Waals surface area contributed by atoms with E-state index in [1.54, 1.807) is 26.5 Å². The molecule has 2 aliphatic rings. The van der Waals surface area contributed by atoms with Gasteiger partial charge in [-0.3, -0.25) is 9.80 Å². The van der Waals surface area contributed by atoms with Gasteiger partial charge in [0.05, 0.1) is 18.4 Å². The zero-order valence-corrected chi connectivity index (χ0v) is 25.0. The van der Waals surface area contributed by atoms with Crippen molar-refractivity contribution in [3.05, 3.63) is 47.8 Å². The lowest BCUT2D eigenvalue weighted by Crippen LogP contribution is -2.46. The standard InChI is InChI=1S/C27H34FN11O2.ClH/c1-27(2,3)23-31-14-20(22(35-23)38-10-8-30-9-11-38)34-25(40)33-19-12-17(6-7-18(19)28)39-15-16-13-32-24(29-4)36-21(16)37(5)26(39)41;/h6-7,12-14,30H,8-11,15H2,1-5H3,(H,29,32,36)(H2,33,34,40);1H. The van der Waals surface area contributed by atoms with E-state index in [0.29, 0.717) is 34.8 Å². The van der Waals surface area contributed by atoms with Crippen molar-refractivity contribution in [2.75, 3.05) is 70.9 Å². The lowest BCUT2D eigenvalue weighted by molar-refractivity contribution is 0.251. The van der Waals surface area contributed by atoms with Gasteiger partial charge in [0.2, 0.25) is 5.95 Å². The van der Waals surface area contributed by atoms with Crippen molar-refractivity contribution in [3.63, 3.8) is 0 Å². The third-order valence-corrected chi connectivity index (χ3v) is 6.84. The van der Waals surface area contributed by atoms with Gasteiger partial charge < -0.3 is 26.2 Å². The van der Waals surface area contributed by atoms with E-state index in [2.05, 4.69) is 41.1 Å². The Hall–Kier alpha value is -4.30.